The van der Waals surface area contributed by atoms with Crippen molar-refractivity contribution in [2.45, 2.75) is 51.8 Å². The van der Waals surface area contributed by atoms with Crippen LogP contribution in [0, 0.1) is 5.92 Å². The molecule has 0 aliphatic carbocycles. The third kappa shape index (κ3) is 5.32. The maximum atomic E-state index is 14.3. The molecule has 1 N–H and O–H groups in total. The SMILES string of the molecule is C[C@@H]1CC(F)C(=O)C(=O)C(=O)CCCc2cc(N3CCOCC3)cc(O)c2C(=O)O[C@H]1C. The molecule has 0 saturated carbocycles. The second kappa shape index (κ2) is 10.2. The fraction of sp³-hybridized carbons (Fsp3) is 0.565. The number of alkyl halides is 1. The average molecular weight is 449 g/mol. The summed E-state index contributed by atoms with van der Waals surface area (Å²) >= 11 is 0. The number of ketones is 3. The summed E-state index contributed by atoms with van der Waals surface area (Å²) in [4.78, 5) is 51.1. The summed E-state index contributed by atoms with van der Waals surface area (Å²) < 4.78 is 25.1. The summed E-state index contributed by atoms with van der Waals surface area (Å²) in [7, 11) is 0. The van der Waals surface area contributed by atoms with Crippen LogP contribution in [0.1, 0.15) is 49.0 Å². The number of benzene rings is 1. The lowest BCUT2D eigenvalue weighted by molar-refractivity contribution is -0.146. The number of aryl methyl sites for hydroxylation is 1. The number of hydrogen-bond donors (Lipinski definition) is 1. The van der Waals surface area contributed by atoms with Crippen molar-refractivity contribution in [3.05, 3.63) is 23.3 Å². The Morgan fingerprint density at radius 2 is 1.75 bits per heavy atom. The zero-order chi connectivity index (χ0) is 23.4. The number of halogens is 1. The van der Waals surface area contributed by atoms with E-state index < -0.39 is 41.5 Å². The molecule has 2 aliphatic rings. The number of nitrogens with zero attached hydrogens (tertiary/aromatic N) is 1. The molecule has 1 saturated heterocycles. The van der Waals surface area contributed by atoms with Gasteiger partial charge in [-0.3, -0.25) is 14.4 Å². The summed E-state index contributed by atoms with van der Waals surface area (Å²) in [6.45, 7) is 5.45. The smallest absolute Gasteiger partial charge is 0.342 e. The van der Waals surface area contributed by atoms with Crippen LogP contribution in [-0.4, -0.2) is 67.0 Å². The molecule has 2 heterocycles. The lowest BCUT2D eigenvalue weighted by atomic mass is 9.93. The standard InChI is InChI=1S/C23H28FNO7/c1-13-10-17(24)21(28)22(29)18(26)5-3-4-15-11-16(25-6-8-31-9-7-25)12-19(27)20(15)23(30)32-14(13)2/h11-14,17,27H,3-10H2,1-2H3/t13-,14+,17?/m1/s1. The number of ether oxygens (including phenoxy) is 2. The van der Waals surface area contributed by atoms with Crippen LogP contribution >= 0.6 is 0 Å². The second-order valence-corrected chi connectivity index (χ2v) is 8.36. The molecular formula is C23H28FNO7. The highest BCUT2D eigenvalue weighted by molar-refractivity contribution is 6.64. The highest BCUT2D eigenvalue weighted by atomic mass is 19.1. The van der Waals surface area contributed by atoms with Crippen molar-refractivity contribution in [2.24, 2.45) is 5.92 Å². The van der Waals surface area contributed by atoms with Crippen molar-refractivity contribution in [1.29, 1.82) is 0 Å². The van der Waals surface area contributed by atoms with E-state index in [4.69, 9.17) is 9.47 Å². The number of morpholine rings is 1. The molecule has 0 amide bonds. The monoisotopic (exact) mass is 449 g/mol. The van der Waals surface area contributed by atoms with E-state index in [-0.39, 0.29) is 37.0 Å². The Hall–Kier alpha value is -2.81. The van der Waals surface area contributed by atoms with E-state index in [2.05, 4.69) is 0 Å². The summed E-state index contributed by atoms with van der Waals surface area (Å²) in [5.41, 5.74) is 1.17. The zero-order valence-corrected chi connectivity index (χ0v) is 18.3. The predicted octanol–water partition coefficient (Wildman–Crippen LogP) is 2.18. The Balaban J connectivity index is 1.95. The van der Waals surface area contributed by atoms with E-state index in [0.717, 1.165) is 0 Å². The van der Waals surface area contributed by atoms with Crippen molar-refractivity contribution in [1.82, 2.24) is 0 Å². The molecule has 8 nitrogen and oxygen atoms in total. The van der Waals surface area contributed by atoms with Crippen molar-refractivity contribution in [3.63, 3.8) is 0 Å². The number of fused-ring (bicyclic) bond motifs is 1. The van der Waals surface area contributed by atoms with Gasteiger partial charge in [0, 0.05) is 31.3 Å². The van der Waals surface area contributed by atoms with Crippen molar-refractivity contribution in [2.75, 3.05) is 31.2 Å². The molecule has 0 aromatic heterocycles. The van der Waals surface area contributed by atoms with Gasteiger partial charge in [0.25, 0.3) is 5.78 Å². The molecule has 174 valence electrons. The molecule has 0 radical (unpaired) electrons. The van der Waals surface area contributed by atoms with Gasteiger partial charge in [0.2, 0.25) is 11.6 Å². The molecule has 1 unspecified atom stereocenters. The second-order valence-electron chi connectivity index (χ2n) is 8.36. The Labute approximate surface area is 185 Å². The molecule has 9 heteroatoms. The first kappa shape index (κ1) is 23.8. The minimum absolute atomic E-state index is 0.00947. The third-order valence-corrected chi connectivity index (χ3v) is 6.05. The molecule has 1 aromatic carbocycles. The predicted molar refractivity (Wildman–Crippen MR) is 113 cm³/mol. The van der Waals surface area contributed by atoms with Crippen LogP contribution < -0.4 is 4.90 Å². The van der Waals surface area contributed by atoms with Gasteiger partial charge in [-0.15, -0.1) is 0 Å². The third-order valence-electron chi connectivity index (χ3n) is 6.05. The molecule has 0 spiro atoms. The van der Waals surface area contributed by atoms with Gasteiger partial charge in [0.1, 0.15) is 17.4 Å². The minimum atomic E-state index is -2.14. The zero-order valence-electron chi connectivity index (χ0n) is 18.3. The number of cyclic esters (lactones) is 1. The van der Waals surface area contributed by atoms with E-state index >= 15 is 0 Å². The Morgan fingerprint density at radius 1 is 1.06 bits per heavy atom. The highest BCUT2D eigenvalue weighted by Gasteiger charge is 2.33. The Kier molecular flexibility index (Phi) is 7.60. The number of carbonyl (C=O) groups excluding carboxylic acids is 4. The number of aromatic hydroxyl groups is 1. The lowest BCUT2D eigenvalue weighted by Gasteiger charge is -2.30. The van der Waals surface area contributed by atoms with Crippen molar-refractivity contribution >= 4 is 29.0 Å². The van der Waals surface area contributed by atoms with Gasteiger partial charge in [-0.05, 0) is 43.7 Å². The van der Waals surface area contributed by atoms with Crippen LogP contribution in [0.3, 0.4) is 0 Å². The van der Waals surface area contributed by atoms with Gasteiger partial charge in [0.15, 0.2) is 6.17 Å². The molecule has 32 heavy (non-hydrogen) atoms. The first-order valence-electron chi connectivity index (χ1n) is 10.8. The minimum Gasteiger partial charge on any atom is -0.507 e. The number of phenolic OH excluding ortho intramolecular Hbond substituents is 1. The van der Waals surface area contributed by atoms with Gasteiger partial charge in [0.05, 0.1) is 13.2 Å². The average Bonchev–Trinajstić information content (AvgIpc) is 2.77. The summed E-state index contributed by atoms with van der Waals surface area (Å²) in [5.74, 6) is -5.25. The molecule has 1 aromatic rings. The van der Waals surface area contributed by atoms with Crippen LogP contribution in [0.2, 0.25) is 0 Å². The van der Waals surface area contributed by atoms with E-state index in [1.54, 1.807) is 19.9 Å². The normalized spacial score (nSPS) is 26.3. The molecule has 1 fully saturated rings. The quantitative estimate of drug-likeness (QED) is 0.513. The number of anilines is 1. The first-order valence-corrected chi connectivity index (χ1v) is 10.8. The van der Waals surface area contributed by atoms with Crippen molar-refractivity contribution < 1.29 is 38.1 Å². The van der Waals surface area contributed by atoms with E-state index in [1.165, 1.54) is 6.07 Å². The van der Waals surface area contributed by atoms with Gasteiger partial charge in [-0.25, -0.2) is 9.18 Å². The van der Waals surface area contributed by atoms with Gasteiger partial charge < -0.3 is 19.5 Å². The van der Waals surface area contributed by atoms with E-state index in [9.17, 15) is 28.7 Å². The first-order chi connectivity index (χ1) is 15.2. The van der Waals surface area contributed by atoms with Gasteiger partial charge in [-0.1, -0.05) is 6.92 Å². The van der Waals surface area contributed by atoms with Gasteiger partial charge >= 0.3 is 5.97 Å². The molecule has 3 atom stereocenters. The van der Waals surface area contributed by atoms with Crippen LogP contribution in [0.4, 0.5) is 10.1 Å². The van der Waals surface area contributed by atoms with Crippen LogP contribution in [-0.2, 0) is 30.3 Å². The maximum Gasteiger partial charge on any atom is 0.342 e. The van der Waals surface area contributed by atoms with Crippen molar-refractivity contribution in [3.8, 4) is 5.75 Å². The number of phenols is 1. The fourth-order valence-corrected chi connectivity index (χ4v) is 3.91. The topological polar surface area (TPSA) is 110 Å². The Bertz CT molecular complexity index is 910. The Morgan fingerprint density at radius 3 is 2.44 bits per heavy atom. The molecule has 2 aliphatic heterocycles. The van der Waals surface area contributed by atoms with Crippen LogP contribution in [0.5, 0.6) is 5.75 Å². The number of carbonyl (C=O) groups is 4. The molecular weight excluding hydrogens is 421 g/mol. The summed E-state index contributed by atoms with van der Waals surface area (Å²) in [5, 5.41) is 10.7. The van der Waals surface area contributed by atoms with Crippen LogP contribution in [0.25, 0.3) is 0 Å². The lowest BCUT2D eigenvalue weighted by Crippen LogP contribution is -2.36. The largest absolute Gasteiger partial charge is 0.507 e. The summed E-state index contributed by atoms with van der Waals surface area (Å²) in [6.07, 6.45) is -3.21. The van der Waals surface area contributed by atoms with E-state index in [0.29, 0.717) is 37.6 Å². The molecule has 0 bridgehead atoms. The molecule has 3 rings (SSSR count). The van der Waals surface area contributed by atoms with Gasteiger partial charge in [-0.2, -0.15) is 0 Å². The maximum absolute atomic E-state index is 14.3. The fourth-order valence-electron chi connectivity index (χ4n) is 3.91. The highest BCUT2D eigenvalue weighted by Crippen LogP contribution is 2.32. The summed E-state index contributed by atoms with van der Waals surface area (Å²) in [6, 6.07) is 3.25. The number of hydrogen-bond acceptors (Lipinski definition) is 8. The number of esters is 1. The van der Waals surface area contributed by atoms with Crippen LogP contribution in [0.15, 0.2) is 12.1 Å². The van der Waals surface area contributed by atoms with E-state index in [1.807, 2.05) is 4.90 Å². The number of rotatable bonds is 1. The number of Topliss-reactive ketones (excluding diaryl/α,β-unsaturated/α-hetero) is 3.